The number of nitrogens with zero attached hydrogens (tertiary/aromatic N) is 5. The number of carbonyl (C=O) groups is 9. The van der Waals surface area contributed by atoms with Crippen molar-refractivity contribution < 1.29 is 43.2 Å². The summed E-state index contributed by atoms with van der Waals surface area (Å²) in [5.74, 6) is 1.09. The van der Waals surface area contributed by atoms with Gasteiger partial charge in [0.15, 0.2) is 5.78 Å². The quantitative estimate of drug-likeness (QED) is 0.0907. The Labute approximate surface area is 368 Å². The summed E-state index contributed by atoms with van der Waals surface area (Å²) in [6.45, 7) is 10.4. The molecule has 2 aromatic carbocycles. The summed E-state index contributed by atoms with van der Waals surface area (Å²) in [4.78, 5) is 114. The Morgan fingerprint density at radius 3 is 1.54 bits per heavy atom. The van der Waals surface area contributed by atoms with Crippen LogP contribution in [0.4, 0.5) is 11.8 Å². The highest BCUT2D eigenvalue weighted by Crippen LogP contribution is 2.19. The number of anilines is 2. The second-order valence-electron chi connectivity index (χ2n) is 15.0. The van der Waals surface area contributed by atoms with E-state index in [0.29, 0.717) is 50.2 Å². The third-order valence-corrected chi connectivity index (χ3v) is 9.45. The van der Waals surface area contributed by atoms with Crippen LogP contribution in [0.1, 0.15) is 108 Å². The molecule has 0 atom stereocenters. The van der Waals surface area contributed by atoms with E-state index in [2.05, 4.69) is 15.0 Å². The van der Waals surface area contributed by atoms with Gasteiger partial charge in [-0.1, -0.05) is 60.2 Å². The maximum absolute atomic E-state index is 11.8. The minimum Gasteiger partial charge on any atom is -0.331 e. The molecule has 4 fully saturated rings. The van der Waals surface area contributed by atoms with Crippen LogP contribution in [0.2, 0.25) is 0 Å². The maximum atomic E-state index is 11.8. The summed E-state index contributed by atoms with van der Waals surface area (Å²) in [7, 11) is 0. The number of nitrogens with one attached hydrogen (secondary N) is 1. The largest absolute Gasteiger partial charge is 0.331 e. The molecule has 0 bridgehead atoms. The zero-order chi connectivity index (χ0) is 46.3. The smallest absolute Gasteiger partial charge is 0.260 e. The van der Waals surface area contributed by atoms with Crippen LogP contribution in [0, 0.1) is 0 Å². The average molecular weight is 861 g/mol. The lowest BCUT2D eigenvalue weighted by Gasteiger charge is -2.29. The van der Waals surface area contributed by atoms with E-state index in [-0.39, 0.29) is 59.0 Å². The summed E-state index contributed by atoms with van der Waals surface area (Å²) in [5, 5.41) is 0. The van der Waals surface area contributed by atoms with E-state index in [4.69, 9.17) is 0 Å². The lowest BCUT2D eigenvalue weighted by Crippen LogP contribution is -2.44. The molecule has 2 aromatic heterocycles. The van der Waals surface area contributed by atoms with Crippen molar-refractivity contribution in [2.45, 2.75) is 91.9 Å². The molecule has 4 aromatic rings. The van der Waals surface area contributed by atoms with E-state index in [1.54, 1.807) is 77.8 Å². The summed E-state index contributed by atoms with van der Waals surface area (Å²) >= 11 is 0. The number of rotatable bonds is 7. The molecular weight excluding hydrogens is 805 g/mol. The molecule has 4 aliphatic rings. The number of aromatic amines is 1. The van der Waals surface area contributed by atoms with Gasteiger partial charge < -0.3 is 4.98 Å². The fraction of sp³-hybridized carbons (Fsp3) is 0.354. The number of amides is 4. The van der Waals surface area contributed by atoms with Crippen LogP contribution < -0.4 is 9.80 Å². The topological polar surface area (TPSA) is 205 Å². The van der Waals surface area contributed by atoms with Gasteiger partial charge in [0.1, 0.15) is 34.9 Å². The molecule has 1 saturated carbocycles. The number of benzene rings is 2. The number of aromatic nitrogens is 3. The first kappa shape index (κ1) is 50.3. The van der Waals surface area contributed by atoms with Gasteiger partial charge in [0.05, 0.1) is 6.42 Å². The molecule has 15 nitrogen and oxygen atoms in total. The molecule has 4 amide bonds. The van der Waals surface area contributed by atoms with Gasteiger partial charge in [0.25, 0.3) is 5.91 Å². The number of pyridine rings is 1. The Morgan fingerprint density at radius 1 is 0.603 bits per heavy atom. The van der Waals surface area contributed by atoms with Crippen LogP contribution in [-0.4, -0.2) is 92.0 Å². The Kier molecular flexibility index (Phi) is 21.0. The third kappa shape index (κ3) is 17.5. The maximum Gasteiger partial charge on any atom is 0.260 e. The molecule has 3 aliphatic heterocycles. The minimum atomic E-state index is -0.582. The molecule has 1 N–H and O–H groups in total. The van der Waals surface area contributed by atoms with E-state index >= 15 is 0 Å². The van der Waals surface area contributed by atoms with Gasteiger partial charge >= 0.3 is 0 Å². The number of imidazole rings is 1. The predicted octanol–water partition coefficient (Wildman–Crippen LogP) is 6.60. The first-order valence-corrected chi connectivity index (χ1v) is 20.7. The number of β-lactam (4-membered cyclic amide) rings is 2. The van der Waals surface area contributed by atoms with Crippen molar-refractivity contribution in [2.24, 2.45) is 0 Å². The molecule has 8 rings (SSSR count). The van der Waals surface area contributed by atoms with Crippen LogP contribution in [-0.2, 0) is 38.4 Å². The van der Waals surface area contributed by atoms with Gasteiger partial charge in [-0.25, -0.2) is 9.97 Å². The van der Waals surface area contributed by atoms with E-state index in [9.17, 15) is 43.2 Å². The van der Waals surface area contributed by atoms with Gasteiger partial charge in [-0.05, 0) is 83.4 Å². The number of ketones is 5. The van der Waals surface area contributed by atoms with E-state index in [1.165, 1.54) is 18.7 Å². The minimum absolute atomic E-state index is 0.0566. The first-order chi connectivity index (χ1) is 30.1. The zero-order valence-corrected chi connectivity index (χ0v) is 36.6. The fourth-order valence-corrected chi connectivity index (χ4v) is 6.30. The standard InChI is InChI=1S/C11H11NO2.C11H12O2.C8H8N2O.C6H7N3O.C6H8O2.C6H10O/c13-10-7-4-8-12(10)11(14)9-5-2-1-3-6-9;1-8(12)11(9(2)13)10-6-4-3-5-7-10;11-8-4-6-10(8)7-3-1-2-5-9-7;10-5-1-4-9(5)6-7-2-3-8-6;7-5-2-1-3-6(8)4-5;1-5(2)4-6(3)7/h1-3,5-6H,4,7-8H2;3-7,11H,1-2H3;1-3,5H,4,6H2;2-3H,1,4H2,(H,7,8);1-4H2;4H,1-3H3. The van der Waals surface area contributed by atoms with Crippen molar-refractivity contribution in [3.8, 4) is 0 Å². The van der Waals surface area contributed by atoms with Gasteiger partial charge in [0.2, 0.25) is 23.7 Å². The summed E-state index contributed by atoms with van der Waals surface area (Å²) in [5.41, 5.74) is 2.43. The zero-order valence-electron chi connectivity index (χ0n) is 36.6. The summed E-state index contributed by atoms with van der Waals surface area (Å²) in [6, 6.07) is 23.6. The fourth-order valence-electron chi connectivity index (χ4n) is 6.30. The number of hydrogen-bond donors (Lipinski definition) is 1. The molecule has 0 unspecified atom stereocenters. The molecule has 1 aliphatic carbocycles. The van der Waals surface area contributed by atoms with Crippen molar-refractivity contribution in [3.63, 3.8) is 0 Å². The normalized spacial score (nSPS) is 14.8. The predicted molar refractivity (Wildman–Crippen MR) is 238 cm³/mol. The van der Waals surface area contributed by atoms with E-state index in [1.807, 2.05) is 56.3 Å². The molecular formula is C48H56N6O9. The van der Waals surface area contributed by atoms with Crippen LogP contribution in [0.25, 0.3) is 0 Å². The number of Topliss-reactive ketones (excluding diaryl/α,β-unsaturated/α-hetero) is 4. The van der Waals surface area contributed by atoms with Crippen LogP contribution >= 0.6 is 0 Å². The molecule has 3 saturated heterocycles. The highest BCUT2D eigenvalue weighted by atomic mass is 16.2. The highest BCUT2D eigenvalue weighted by Gasteiger charge is 2.28. The first-order valence-electron chi connectivity index (χ1n) is 20.7. The van der Waals surface area contributed by atoms with Crippen molar-refractivity contribution in [3.05, 3.63) is 120 Å². The van der Waals surface area contributed by atoms with Crippen molar-refractivity contribution >= 4 is 64.3 Å². The summed E-state index contributed by atoms with van der Waals surface area (Å²) < 4.78 is 0. The Bertz CT molecular complexity index is 2180. The SMILES string of the molecule is CC(=O)C(C(C)=O)c1ccccc1.CC(=O)C=C(C)C.O=C1CCCC(=O)C1.O=C1CCCN1C(=O)c1ccccc1.O=C1CCN1c1ccccn1.O=C1CCN1c1ncc[nH]1. The lowest BCUT2D eigenvalue weighted by atomic mass is 9.92. The average Bonchev–Trinajstić information content (AvgIpc) is 3.93. The molecule has 0 radical (unpaired) electrons. The van der Waals surface area contributed by atoms with Gasteiger partial charge in [0, 0.05) is 75.9 Å². The van der Waals surface area contributed by atoms with Gasteiger partial charge in [-0.15, -0.1) is 0 Å². The number of carbonyl (C=O) groups excluding carboxylic acids is 9. The second kappa shape index (κ2) is 26.3. The molecule has 332 valence electrons. The van der Waals surface area contributed by atoms with Crippen LogP contribution in [0.3, 0.4) is 0 Å². The van der Waals surface area contributed by atoms with Crippen molar-refractivity contribution in [2.75, 3.05) is 29.4 Å². The molecule has 15 heteroatoms. The van der Waals surface area contributed by atoms with Gasteiger partial charge in [-0.2, -0.15) is 0 Å². The Balaban J connectivity index is 0.000000204. The van der Waals surface area contributed by atoms with E-state index in [0.717, 1.165) is 42.9 Å². The number of imide groups is 1. The summed E-state index contributed by atoms with van der Waals surface area (Å²) in [6.07, 6.45) is 11.5. The third-order valence-electron chi connectivity index (χ3n) is 9.45. The number of allylic oxidation sites excluding steroid dienone is 2. The van der Waals surface area contributed by atoms with Crippen LogP contribution in [0.15, 0.2) is 109 Å². The Morgan fingerprint density at radius 2 is 1.17 bits per heavy atom. The number of likely N-dealkylation sites (tertiary alicyclic amines) is 1. The Hall–Kier alpha value is -7.03. The monoisotopic (exact) mass is 860 g/mol. The molecule has 63 heavy (non-hydrogen) atoms. The lowest BCUT2D eigenvalue weighted by molar-refractivity contribution is -0.130. The van der Waals surface area contributed by atoms with Crippen molar-refractivity contribution in [1.82, 2.24) is 19.9 Å². The highest BCUT2D eigenvalue weighted by molar-refractivity contribution is 6.06. The van der Waals surface area contributed by atoms with Gasteiger partial charge in [-0.3, -0.25) is 57.9 Å². The van der Waals surface area contributed by atoms with Crippen molar-refractivity contribution in [1.29, 1.82) is 0 Å². The van der Waals surface area contributed by atoms with E-state index < -0.39 is 5.92 Å². The molecule has 5 heterocycles. The number of H-pyrrole nitrogens is 1. The number of hydrogen-bond acceptors (Lipinski definition) is 11. The van der Waals surface area contributed by atoms with Crippen LogP contribution in [0.5, 0.6) is 0 Å². The molecule has 0 spiro atoms. The second-order valence-corrected chi connectivity index (χ2v) is 15.0.